The number of ether oxygens (including phenoxy) is 1. The summed E-state index contributed by atoms with van der Waals surface area (Å²) in [5.74, 6) is 0.601. The van der Waals surface area contributed by atoms with Crippen molar-refractivity contribution in [3.63, 3.8) is 0 Å². The lowest BCUT2D eigenvalue weighted by Gasteiger charge is -2.27. The number of fused-ring (bicyclic) bond motifs is 4. The molecule has 31 heavy (non-hydrogen) atoms. The summed E-state index contributed by atoms with van der Waals surface area (Å²) in [5.41, 5.74) is 14.5. The maximum absolute atomic E-state index is 13.0. The Morgan fingerprint density at radius 2 is 1.68 bits per heavy atom. The van der Waals surface area contributed by atoms with Crippen LogP contribution in [0, 0.1) is 0 Å². The fourth-order valence-electron chi connectivity index (χ4n) is 4.85. The van der Waals surface area contributed by atoms with Gasteiger partial charge in [-0.2, -0.15) is 0 Å². The average Bonchev–Trinajstić information content (AvgIpc) is 3.20. The molecular weight excluding hydrogens is 388 g/mol. The molecule has 0 bridgehead atoms. The van der Waals surface area contributed by atoms with Crippen LogP contribution in [0.3, 0.4) is 0 Å². The summed E-state index contributed by atoms with van der Waals surface area (Å²) in [4.78, 5) is 15.0. The standard InChI is InChI=1S/C26H22N2O3/c27-22-9-8-18(21-14-16-4-1-2-5-17(16)25(21)22)19-6-3-7-20-23(29)15-24(31-26(19)20)28-10-12-30-13-11-28/h1-9,15H,10-14,27H2. The molecule has 2 aliphatic rings. The Labute approximate surface area is 179 Å². The second-order valence-corrected chi connectivity index (χ2v) is 8.12. The van der Waals surface area contributed by atoms with Crippen LogP contribution >= 0.6 is 0 Å². The third-order valence-electron chi connectivity index (χ3n) is 6.35. The first-order chi connectivity index (χ1) is 15.2. The minimum absolute atomic E-state index is 0.0278. The number of hydrogen-bond acceptors (Lipinski definition) is 5. The molecular formula is C26H22N2O3. The number of hydrogen-bond donors (Lipinski definition) is 1. The van der Waals surface area contributed by atoms with Crippen LogP contribution in [-0.2, 0) is 11.2 Å². The lowest BCUT2D eigenvalue weighted by Crippen LogP contribution is -2.36. The number of rotatable bonds is 2. The molecule has 1 aromatic heterocycles. The Balaban J connectivity index is 1.58. The van der Waals surface area contributed by atoms with E-state index >= 15 is 0 Å². The van der Waals surface area contributed by atoms with Crippen molar-refractivity contribution >= 4 is 22.5 Å². The van der Waals surface area contributed by atoms with Gasteiger partial charge in [-0.3, -0.25) is 4.79 Å². The highest BCUT2D eigenvalue weighted by molar-refractivity contribution is 5.98. The lowest BCUT2D eigenvalue weighted by atomic mass is 9.93. The fourth-order valence-corrected chi connectivity index (χ4v) is 4.85. The molecule has 0 unspecified atom stereocenters. The lowest BCUT2D eigenvalue weighted by molar-refractivity contribution is 0.121. The molecule has 0 radical (unpaired) electrons. The van der Waals surface area contributed by atoms with Crippen LogP contribution in [0.4, 0.5) is 11.6 Å². The largest absolute Gasteiger partial charge is 0.440 e. The molecule has 1 saturated heterocycles. The minimum Gasteiger partial charge on any atom is -0.440 e. The van der Waals surface area contributed by atoms with Gasteiger partial charge in [0, 0.05) is 36.0 Å². The van der Waals surface area contributed by atoms with Gasteiger partial charge in [0.05, 0.1) is 18.6 Å². The molecule has 0 saturated carbocycles. The normalized spacial score (nSPS) is 15.2. The second-order valence-electron chi connectivity index (χ2n) is 8.12. The number of para-hydroxylation sites is 1. The first-order valence-electron chi connectivity index (χ1n) is 10.6. The van der Waals surface area contributed by atoms with Crippen LogP contribution in [0.2, 0.25) is 0 Å². The molecule has 1 aliphatic heterocycles. The zero-order chi connectivity index (χ0) is 20.9. The van der Waals surface area contributed by atoms with E-state index in [1.165, 1.54) is 16.7 Å². The van der Waals surface area contributed by atoms with Gasteiger partial charge in [-0.15, -0.1) is 0 Å². The van der Waals surface area contributed by atoms with Gasteiger partial charge in [-0.05, 0) is 40.8 Å². The average molecular weight is 410 g/mol. The highest BCUT2D eigenvalue weighted by Crippen LogP contribution is 2.45. The van der Waals surface area contributed by atoms with Gasteiger partial charge in [0.1, 0.15) is 5.58 Å². The summed E-state index contributed by atoms with van der Waals surface area (Å²) in [5, 5.41) is 0.593. The molecule has 0 amide bonds. The van der Waals surface area contributed by atoms with Gasteiger partial charge in [0.25, 0.3) is 0 Å². The van der Waals surface area contributed by atoms with E-state index in [9.17, 15) is 4.79 Å². The van der Waals surface area contributed by atoms with E-state index in [2.05, 4.69) is 29.2 Å². The van der Waals surface area contributed by atoms with Gasteiger partial charge in [-0.1, -0.05) is 42.5 Å². The zero-order valence-corrected chi connectivity index (χ0v) is 17.1. The fraction of sp³-hybridized carbons (Fsp3) is 0.192. The smallest absolute Gasteiger partial charge is 0.200 e. The van der Waals surface area contributed by atoms with Crippen LogP contribution in [-0.4, -0.2) is 26.3 Å². The van der Waals surface area contributed by atoms with Gasteiger partial charge in [0.15, 0.2) is 11.3 Å². The van der Waals surface area contributed by atoms with E-state index < -0.39 is 0 Å². The Kier molecular flexibility index (Phi) is 4.11. The Bertz CT molecular complexity index is 1380. The summed E-state index contributed by atoms with van der Waals surface area (Å²) in [7, 11) is 0. The molecule has 5 heteroatoms. The minimum atomic E-state index is -0.0278. The number of nitrogens with zero attached hydrogens (tertiary/aromatic N) is 1. The third kappa shape index (κ3) is 2.85. The first kappa shape index (κ1) is 18.2. The van der Waals surface area contributed by atoms with Crippen LogP contribution in [0.15, 0.2) is 69.9 Å². The van der Waals surface area contributed by atoms with Crippen molar-refractivity contribution in [1.82, 2.24) is 0 Å². The maximum atomic E-state index is 13.0. The van der Waals surface area contributed by atoms with Crippen LogP contribution in [0.25, 0.3) is 33.2 Å². The maximum Gasteiger partial charge on any atom is 0.200 e. The number of anilines is 2. The molecule has 1 fully saturated rings. The monoisotopic (exact) mass is 410 g/mol. The molecule has 4 aromatic rings. The second kappa shape index (κ2) is 7.00. The summed E-state index contributed by atoms with van der Waals surface area (Å²) < 4.78 is 11.8. The molecule has 0 atom stereocenters. The van der Waals surface area contributed by atoms with Crippen molar-refractivity contribution in [2.24, 2.45) is 0 Å². The molecule has 154 valence electrons. The van der Waals surface area contributed by atoms with Crippen molar-refractivity contribution in [3.8, 4) is 22.3 Å². The van der Waals surface area contributed by atoms with Crippen LogP contribution < -0.4 is 16.1 Å². The summed E-state index contributed by atoms with van der Waals surface area (Å²) in [6.07, 6.45) is 0.815. The molecule has 1 aliphatic carbocycles. The predicted molar refractivity (Wildman–Crippen MR) is 124 cm³/mol. The van der Waals surface area contributed by atoms with E-state index in [0.717, 1.165) is 28.8 Å². The van der Waals surface area contributed by atoms with E-state index in [4.69, 9.17) is 14.9 Å². The number of nitrogen functional groups attached to an aromatic ring is 1. The van der Waals surface area contributed by atoms with Crippen LogP contribution in [0.1, 0.15) is 11.1 Å². The molecule has 2 heterocycles. The number of nitrogens with two attached hydrogens (primary N) is 1. The van der Waals surface area contributed by atoms with E-state index in [1.54, 1.807) is 6.07 Å². The zero-order valence-electron chi connectivity index (χ0n) is 17.1. The van der Waals surface area contributed by atoms with Gasteiger partial charge in [0.2, 0.25) is 0 Å². The summed E-state index contributed by atoms with van der Waals surface area (Å²) in [6.45, 7) is 2.69. The third-order valence-corrected chi connectivity index (χ3v) is 6.35. The predicted octanol–water partition coefficient (Wildman–Crippen LogP) is 4.45. The Morgan fingerprint density at radius 1 is 0.871 bits per heavy atom. The summed E-state index contributed by atoms with van der Waals surface area (Å²) >= 11 is 0. The van der Waals surface area contributed by atoms with Gasteiger partial charge >= 0.3 is 0 Å². The van der Waals surface area contributed by atoms with Crippen molar-refractivity contribution in [3.05, 3.63) is 82.0 Å². The van der Waals surface area contributed by atoms with Crippen molar-refractivity contribution in [2.75, 3.05) is 36.9 Å². The van der Waals surface area contributed by atoms with Gasteiger partial charge in [-0.25, -0.2) is 0 Å². The number of morpholine rings is 1. The molecule has 3 aromatic carbocycles. The van der Waals surface area contributed by atoms with Crippen molar-refractivity contribution in [2.45, 2.75) is 6.42 Å². The Hall–Kier alpha value is -3.57. The quantitative estimate of drug-likeness (QED) is 0.436. The highest BCUT2D eigenvalue weighted by Gasteiger charge is 2.25. The molecule has 0 spiro atoms. The van der Waals surface area contributed by atoms with Crippen LogP contribution in [0.5, 0.6) is 0 Å². The Morgan fingerprint density at radius 3 is 2.55 bits per heavy atom. The van der Waals surface area contributed by atoms with E-state index in [0.29, 0.717) is 43.2 Å². The van der Waals surface area contributed by atoms with Gasteiger partial charge < -0.3 is 19.8 Å². The highest BCUT2D eigenvalue weighted by atomic mass is 16.5. The molecule has 6 rings (SSSR count). The molecule has 5 nitrogen and oxygen atoms in total. The summed E-state index contributed by atoms with van der Waals surface area (Å²) in [6, 6.07) is 19.8. The van der Waals surface area contributed by atoms with Crippen molar-refractivity contribution in [1.29, 1.82) is 0 Å². The van der Waals surface area contributed by atoms with E-state index in [-0.39, 0.29) is 5.43 Å². The first-order valence-corrected chi connectivity index (χ1v) is 10.6. The topological polar surface area (TPSA) is 68.7 Å². The SMILES string of the molecule is Nc1ccc(-c2cccc3c(=O)cc(N4CCOCC4)oc23)c2c1-c1ccccc1C2. The van der Waals surface area contributed by atoms with Crippen molar-refractivity contribution < 1.29 is 9.15 Å². The van der Waals surface area contributed by atoms with E-state index in [1.807, 2.05) is 30.3 Å². The number of benzene rings is 3. The molecule has 2 N–H and O–H groups in total.